The Kier molecular flexibility index (Phi) is 5.74. The third kappa shape index (κ3) is 3.74. The van der Waals surface area contributed by atoms with Gasteiger partial charge in [0.1, 0.15) is 13.0 Å². The molecule has 4 heteroatoms. The average Bonchev–Trinajstić information content (AvgIpc) is 2.35. The summed E-state index contributed by atoms with van der Waals surface area (Å²) in [6.45, 7) is 1.14. The van der Waals surface area contributed by atoms with Crippen molar-refractivity contribution in [3.8, 4) is 0 Å². The molecular formula is C12H20F2O2. The van der Waals surface area contributed by atoms with Gasteiger partial charge in [-0.2, -0.15) is 0 Å². The second-order valence-corrected chi connectivity index (χ2v) is 4.41. The van der Waals surface area contributed by atoms with Crippen LogP contribution in [0.3, 0.4) is 0 Å². The number of halogens is 2. The van der Waals surface area contributed by atoms with Gasteiger partial charge in [-0.25, -0.2) is 8.78 Å². The van der Waals surface area contributed by atoms with Crippen LogP contribution in [0.4, 0.5) is 8.78 Å². The smallest absolute Gasteiger partial charge is 0.199 e. The highest BCUT2D eigenvalue weighted by Gasteiger charge is 2.27. The lowest BCUT2D eigenvalue weighted by Gasteiger charge is -2.30. The number of hydrogen-bond donors (Lipinski definition) is 1. The quantitative estimate of drug-likeness (QED) is 0.584. The zero-order valence-corrected chi connectivity index (χ0v) is 9.66. The van der Waals surface area contributed by atoms with Gasteiger partial charge in [0.2, 0.25) is 0 Å². The van der Waals surface area contributed by atoms with Gasteiger partial charge in [0.25, 0.3) is 0 Å². The first kappa shape index (κ1) is 13.4. The van der Waals surface area contributed by atoms with Crippen LogP contribution in [0.2, 0.25) is 0 Å². The highest BCUT2D eigenvalue weighted by Crippen LogP contribution is 2.33. The molecule has 1 saturated carbocycles. The Morgan fingerprint density at radius 3 is 2.50 bits per heavy atom. The zero-order chi connectivity index (χ0) is 12.0. The lowest BCUT2D eigenvalue weighted by Crippen LogP contribution is -2.28. The van der Waals surface area contributed by atoms with Gasteiger partial charge in [0.15, 0.2) is 12.0 Å². The normalized spacial score (nSPS) is 28.9. The van der Waals surface area contributed by atoms with E-state index >= 15 is 0 Å². The van der Waals surface area contributed by atoms with Crippen LogP contribution in [-0.2, 0) is 4.74 Å². The van der Waals surface area contributed by atoms with Crippen LogP contribution >= 0.6 is 0 Å². The fourth-order valence-corrected chi connectivity index (χ4v) is 2.22. The van der Waals surface area contributed by atoms with E-state index in [1.165, 1.54) is 0 Å². The number of allylic oxidation sites excluding steroid dienone is 1. The van der Waals surface area contributed by atoms with Crippen LogP contribution in [0, 0.1) is 11.8 Å². The van der Waals surface area contributed by atoms with E-state index in [1.54, 1.807) is 0 Å². The first-order valence-corrected chi connectivity index (χ1v) is 5.91. The summed E-state index contributed by atoms with van der Waals surface area (Å²) >= 11 is 0. The fourth-order valence-electron chi connectivity index (χ4n) is 2.22. The van der Waals surface area contributed by atoms with E-state index < -0.39 is 18.7 Å². The van der Waals surface area contributed by atoms with Crippen molar-refractivity contribution in [1.29, 1.82) is 0 Å². The third-order valence-corrected chi connectivity index (χ3v) is 3.40. The summed E-state index contributed by atoms with van der Waals surface area (Å²) in [5.74, 6) is 0.301. The molecule has 0 heterocycles. The monoisotopic (exact) mass is 234 g/mol. The SMILES string of the molecule is CCC1CCC(C(O)OC(=CF)CF)CC1. The van der Waals surface area contributed by atoms with Crippen molar-refractivity contribution in [2.75, 3.05) is 6.67 Å². The van der Waals surface area contributed by atoms with Crippen molar-refractivity contribution in [3.63, 3.8) is 0 Å². The molecule has 1 N–H and O–H groups in total. The molecule has 0 spiro atoms. The molecule has 1 unspecified atom stereocenters. The Morgan fingerprint density at radius 2 is 2.06 bits per heavy atom. The molecule has 0 aliphatic heterocycles. The van der Waals surface area contributed by atoms with Crippen LogP contribution in [0.15, 0.2) is 12.1 Å². The van der Waals surface area contributed by atoms with E-state index in [1.807, 2.05) is 0 Å². The molecule has 1 aliphatic carbocycles. The van der Waals surface area contributed by atoms with Crippen LogP contribution in [0.25, 0.3) is 0 Å². The van der Waals surface area contributed by atoms with Crippen molar-refractivity contribution >= 4 is 0 Å². The van der Waals surface area contributed by atoms with Gasteiger partial charge in [0, 0.05) is 5.92 Å². The topological polar surface area (TPSA) is 29.5 Å². The molecule has 1 atom stereocenters. The average molecular weight is 234 g/mol. The maximum Gasteiger partial charge on any atom is 0.199 e. The van der Waals surface area contributed by atoms with Crippen molar-refractivity contribution in [3.05, 3.63) is 12.1 Å². The van der Waals surface area contributed by atoms with Crippen LogP contribution < -0.4 is 0 Å². The number of alkyl halides is 1. The Morgan fingerprint density at radius 1 is 1.44 bits per heavy atom. The molecule has 16 heavy (non-hydrogen) atoms. The molecule has 1 fully saturated rings. The molecule has 1 aliphatic rings. The standard InChI is InChI=1S/C12H20F2O2/c1-2-9-3-5-10(6-4-9)12(15)16-11(7-13)8-14/h7,9-10,12,15H,2-6,8H2,1H3. The Hall–Kier alpha value is -0.640. The number of rotatable bonds is 5. The molecule has 0 saturated heterocycles. The maximum absolute atomic E-state index is 12.2. The van der Waals surface area contributed by atoms with E-state index in [-0.39, 0.29) is 12.2 Å². The second-order valence-electron chi connectivity index (χ2n) is 4.41. The van der Waals surface area contributed by atoms with Crippen LogP contribution in [-0.4, -0.2) is 18.1 Å². The van der Waals surface area contributed by atoms with Gasteiger partial charge in [-0.3, -0.25) is 0 Å². The largest absolute Gasteiger partial charge is 0.464 e. The molecule has 0 aromatic heterocycles. The van der Waals surface area contributed by atoms with E-state index in [4.69, 9.17) is 4.74 Å². The Labute approximate surface area is 95.3 Å². The van der Waals surface area contributed by atoms with Gasteiger partial charge in [-0.15, -0.1) is 0 Å². The molecule has 0 aromatic rings. The maximum atomic E-state index is 12.2. The lowest BCUT2D eigenvalue weighted by atomic mass is 9.80. The Bertz CT molecular complexity index is 223. The molecule has 0 amide bonds. The fraction of sp³-hybridized carbons (Fsp3) is 0.833. The van der Waals surface area contributed by atoms with Crippen molar-refractivity contribution < 1.29 is 18.6 Å². The molecular weight excluding hydrogens is 214 g/mol. The second kappa shape index (κ2) is 6.84. The van der Waals surface area contributed by atoms with Gasteiger partial charge in [-0.05, 0) is 31.6 Å². The molecule has 2 nitrogen and oxygen atoms in total. The first-order valence-electron chi connectivity index (χ1n) is 5.91. The minimum atomic E-state index is -1.07. The molecule has 0 radical (unpaired) electrons. The van der Waals surface area contributed by atoms with E-state index in [0.29, 0.717) is 0 Å². The summed E-state index contributed by atoms with van der Waals surface area (Å²) in [5.41, 5.74) is 0. The summed E-state index contributed by atoms with van der Waals surface area (Å²) in [5, 5.41) is 9.67. The predicted molar refractivity (Wildman–Crippen MR) is 58.0 cm³/mol. The summed E-state index contributed by atoms with van der Waals surface area (Å²) in [6, 6.07) is 0. The number of aliphatic hydroxyl groups is 1. The minimum Gasteiger partial charge on any atom is -0.464 e. The number of hydrogen-bond acceptors (Lipinski definition) is 2. The van der Waals surface area contributed by atoms with Gasteiger partial charge in [-0.1, -0.05) is 13.3 Å². The number of aliphatic hydroxyl groups excluding tert-OH is 1. The Balaban J connectivity index is 2.35. The molecule has 0 aromatic carbocycles. The third-order valence-electron chi connectivity index (χ3n) is 3.40. The zero-order valence-electron chi connectivity index (χ0n) is 9.66. The van der Waals surface area contributed by atoms with Crippen molar-refractivity contribution in [2.45, 2.75) is 45.3 Å². The van der Waals surface area contributed by atoms with E-state index in [0.717, 1.165) is 38.0 Å². The first-order chi connectivity index (χ1) is 7.71. The highest BCUT2D eigenvalue weighted by atomic mass is 19.1. The van der Waals surface area contributed by atoms with Gasteiger partial charge in [0.05, 0.1) is 0 Å². The minimum absolute atomic E-state index is 0.00398. The summed E-state index contributed by atoms with van der Waals surface area (Å²) in [7, 11) is 0. The lowest BCUT2D eigenvalue weighted by molar-refractivity contribution is -0.119. The predicted octanol–water partition coefficient (Wildman–Crippen LogP) is 3.32. The summed E-state index contributed by atoms with van der Waals surface area (Å²) < 4.78 is 29.0. The summed E-state index contributed by atoms with van der Waals surface area (Å²) in [6.07, 6.45) is 4.01. The number of ether oxygens (including phenoxy) is 1. The van der Waals surface area contributed by atoms with Gasteiger partial charge >= 0.3 is 0 Å². The molecule has 1 rings (SSSR count). The molecule has 0 bridgehead atoms. The van der Waals surface area contributed by atoms with E-state index in [2.05, 4.69) is 6.92 Å². The summed E-state index contributed by atoms with van der Waals surface area (Å²) in [4.78, 5) is 0. The van der Waals surface area contributed by atoms with Crippen LogP contribution in [0.5, 0.6) is 0 Å². The van der Waals surface area contributed by atoms with E-state index in [9.17, 15) is 13.9 Å². The molecule has 94 valence electrons. The van der Waals surface area contributed by atoms with Gasteiger partial charge < -0.3 is 9.84 Å². The van der Waals surface area contributed by atoms with Crippen molar-refractivity contribution in [1.82, 2.24) is 0 Å². The highest BCUT2D eigenvalue weighted by molar-refractivity contribution is 4.87. The van der Waals surface area contributed by atoms with Crippen molar-refractivity contribution in [2.24, 2.45) is 11.8 Å². The van der Waals surface area contributed by atoms with Crippen LogP contribution in [0.1, 0.15) is 39.0 Å².